The van der Waals surface area contributed by atoms with Crippen LogP contribution in [0.5, 0.6) is 0 Å². The summed E-state index contributed by atoms with van der Waals surface area (Å²) < 4.78 is 0. The van der Waals surface area contributed by atoms with Crippen LogP contribution in [0, 0.1) is 5.92 Å². The molecular weight excluding hydrogens is 228 g/mol. The van der Waals surface area contributed by atoms with E-state index in [1.54, 1.807) is 0 Å². The van der Waals surface area contributed by atoms with Crippen molar-refractivity contribution in [2.45, 2.75) is 6.92 Å². The Morgan fingerprint density at radius 1 is 1.29 bits per heavy atom. The van der Waals surface area contributed by atoms with Crippen LogP contribution in [0.4, 0.5) is 9.59 Å². The summed E-state index contributed by atoms with van der Waals surface area (Å²) in [6, 6.07) is -1.06. The zero-order chi connectivity index (χ0) is 13.4. The Balaban J connectivity index is 3.82. The van der Waals surface area contributed by atoms with Crippen molar-refractivity contribution < 1.29 is 19.5 Å². The van der Waals surface area contributed by atoms with Gasteiger partial charge in [-0.1, -0.05) is 6.92 Å². The Kier molecular flexibility index (Phi) is 6.46. The summed E-state index contributed by atoms with van der Waals surface area (Å²) in [6.45, 7) is 2.09. The molecule has 0 saturated carbocycles. The highest BCUT2D eigenvalue weighted by Crippen LogP contribution is 1.97. The van der Waals surface area contributed by atoms with Gasteiger partial charge in [-0.2, -0.15) is 0 Å². The Morgan fingerprint density at radius 3 is 2.29 bits per heavy atom. The normalized spacial score (nSPS) is 11.4. The highest BCUT2D eigenvalue weighted by atomic mass is 16.4. The molecule has 4 amide bonds. The second kappa shape index (κ2) is 7.31. The second-order valence-electron chi connectivity index (χ2n) is 3.64. The molecule has 0 aromatic rings. The van der Waals surface area contributed by atoms with Crippen LogP contribution in [0.2, 0.25) is 0 Å². The second-order valence-corrected chi connectivity index (χ2v) is 3.64. The number of carboxylic acids is 1. The van der Waals surface area contributed by atoms with Crippen molar-refractivity contribution in [3.05, 3.63) is 0 Å². The standard InChI is InChI=1S/C9H18N4O4/c1-6(7(14)15)5-13(2)9(17)12-4-3-11-8(10)16/h6H,3-5H2,1-2H3,(H,12,17)(H,14,15)(H3,10,11,16). The highest BCUT2D eigenvalue weighted by Gasteiger charge is 2.16. The van der Waals surface area contributed by atoms with Crippen LogP contribution in [-0.4, -0.2) is 54.7 Å². The zero-order valence-electron chi connectivity index (χ0n) is 9.90. The third-order valence-corrected chi connectivity index (χ3v) is 2.02. The van der Waals surface area contributed by atoms with Gasteiger partial charge in [-0.3, -0.25) is 4.79 Å². The Labute approximate surface area is 99.1 Å². The number of hydrogen-bond donors (Lipinski definition) is 4. The molecule has 0 saturated heterocycles. The number of carbonyl (C=O) groups excluding carboxylic acids is 2. The number of hydrogen-bond acceptors (Lipinski definition) is 3. The van der Waals surface area contributed by atoms with Crippen molar-refractivity contribution in [2.75, 3.05) is 26.7 Å². The first-order valence-electron chi connectivity index (χ1n) is 5.09. The Hall–Kier alpha value is -1.99. The molecule has 0 radical (unpaired) electrons. The number of urea groups is 2. The van der Waals surface area contributed by atoms with Crippen LogP contribution in [0.3, 0.4) is 0 Å². The average molecular weight is 246 g/mol. The van der Waals surface area contributed by atoms with Gasteiger partial charge in [0.05, 0.1) is 5.92 Å². The van der Waals surface area contributed by atoms with Crippen molar-refractivity contribution >= 4 is 18.0 Å². The van der Waals surface area contributed by atoms with E-state index in [1.165, 1.54) is 18.9 Å². The molecule has 0 aromatic heterocycles. The lowest BCUT2D eigenvalue weighted by Gasteiger charge is -2.19. The summed E-state index contributed by atoms with van der Waals surface area (Å²) >= 11 is 0. The molecule has 1 unspecified atom stereocenters. The van der Waals surface area contributed by atoms with E-state index in [9.17, 15) is 14.4 Å². The molecule has 0 heterocycles. The van der Waals surface area contributed by atoms with Gasteiger partial charge in [0.25, 0.3) is 0 Å². The average Bonchev–Trinajstić information content (AvgIpc) is 2.23. The summed E-state index contributed by atoms with van der Waals surface area (Å²) in [4.78, 5) is 33.6. The quantitative estimate of drug-likeness (QED) is 0.449. The molecule has 0 rings (SSSR count). The van der Waals surface area contributed by atoms with E-state index < -0.39 is 23.9 Å². The van der Waals surface area contributed by atoms with E-state index in [-0.39, 0.29) is 19.6 Å². The van der Waals surface area contributed by atoms with Crippen LogP contribution in [-0.2, 0) is 4.79 Å². The smallest absolute Gasteiger partial charge is 0.317 e. The largest absolute Gasteiger partial charge is 0.481 e. The van der Waals surface area contributed by atoms with E-state index in [0.717, 1.165) is 0 Å². The Bertz CT molecular complexity index is 295. The van der Waals surface area contributed by atoms with Gasteiger partial charge in [0.15, 0.2) is 0 Å². The first-order chi connectivity index (χ1) is 7.84. The van der Waals surface area contributed by atoms with E-state index >= 15 is 0 Å². The maximum Gasteiger partial charge on any atom is 0.317 e. The third kappa shape index (κ3) is 6.98. The molecule has 17 heavy (non-hydrogen) atoms. The number of aliphatic carboxylic acids is 1. The minimum atomic E-state index is -0.958. The molecule has 5 N–H and O–H groups in total. The number of nitrogens with one attached hydrogen (secondary N) is 2. The number of carbonyl (C=O) groups is 3. The number of nitrogens with zero attached hydrogens (tertiary/aromatic N) is 1. The monoisotopic (exact) mass is 246 g/mol. The van der Waals surface area contributed by atoms with E-state index in [0.29, 0.717) is 0 Å². The lowest BCUT2D eigenvalue weighted by atomic mass is 10.2. The molecule has 0 aliphatic rings. The molecule has 98 valence electrons. The van der Waals surface area contributed by atoms with E-state index in [2.05, 4.69) is 10.6 Å². The fourth-order valence-electron chi connectivity index (χ4n) is 1.06. The van der Waals surface area contributed by atoms with Crippen molar-refractivity contribution in [3.63, 3.8) is 0 Å². The van der Waals surface area contributed by atoms with Gasteiger partial charge in [0.1, 0.15) is 0 Å². The van der Waals surface area contributed by atoms with Crippen LogP contribution in [0.1, 0.15) is 6.92 Å². The van der Waals surface area contributed by atoms with Gasteiger partial charge in [0, 0.05) is 26.7 Å². The number of primary amides is 1. The molecule has 8 nitrogen and oxygen atoms in total. The molecule has 0 bridgehead atoms. The van der Waals surface area contributed by atoms with Crippen LogP contribution >= 0.6 is 0 Å². The first-order valence-corrected chi connectivity index (χ1v) is 5.09. The maximum atomic E-state index is 11.4. The first kappa shape index (κ1) is 15.0. The minimum absolute atomic E-state index is 0.115. The van der Waals surface area contributed by atoms with Crippen LogP contribution < -0.4 is 16.4 Å². The fourth-order valence-corrected chi connectivity index (χ4v) is 1.06. The number of rotatable bonds is 6. The highest BCUT2D eigenvalue weighted by molar-refractivity contribution is 5.76. The topological polar surface area (TPSA) is 125 Å². The zero-order valence-corrected chi connectivity index (χ0v) is 9.90. The van der Waals surface area contributed by atoms with Gasteiger partial charge in [0.2, 0.25) is 0 Å². The predicted molar refractivity (Wildman–Crippen MR) is 60.4 cm³/mol. The van der Waals surface area contributed by atoms with Gasteiger partial charge >= 0.3 is 18.0 Å². The summed E-state index contributed by atoms with van der Waals surface area (Å²) in [6.07, 6.45) is 0. The Morgan fingerprint density at radius 2 is 1.82 bits per heavy atom. The molecular formula is C9H18N4O4. The van der Waals surface area contributed by atoms with E-state index in [4.69, 9.17) is 10.8 Å². The van der Waals surface area contributed by atoms with Crippen LogP contribution in [0.15, 0.2) is 0 Å². The molecule has 0 aliphatic carbocycles. The van der Waals surface area contributed by atoms with Crippen LogP contribution in [0.25, 0.3) is 0 Å². The number of amides is 4. The van der Waals surface area contributed by atoms with Gasteiger partial charge in [-0.05, 0) is 0 Å². The van der Waals surface area contributed by atoms with Crippen molar-refractivity contribution in [3.8, 4) is 0 Å². The summed E-state index contributed by atoms with van der Waals surface area (Å²) in [5.74, 6) is -1.59. The van der Waals surface area contributed by atoms with Crippen molar-refractivity contribution in [2.24, 2.45) is 11.7 Å². The molecule has 0 spiro atoms. The lowest BCUT2D eigenvalue weighted by molar-refractivity contribution is -0.141. The fraction of sp³-hybridized carbons (Fsp3) is 0.667. The van der Waals surface area contributed by atoms with Crippen molar-refractivity contribution in [1.82, 2.24) is 15.5 Å². The number of nitrogens with two attached hydrogens (primary N) is 1. The molecule has 1 atom stereocenters. The summed E-state index contributed by atoms with van der Waals surface area (Å²) in [7, 11) is 1.50. The molecule has 0 fully saturated rings. The summed E-state index contributed by atoms with van der Waals surface area (Å²) in [5, 5.41) is 13.5. The third-order valence-electron chi connectivity index (χ3n) is 2.02. The van der Waals surface area contributed by atoms with Gasteiger partial charge < -0.3 is 26.4 Å². The summed E-state index contributed by atoms with van der Waals surface area (Å²) in [5.41, 5.74) is 4.83. The van der Waals surface area contributed by atoms with Gasteiger partial charge in [-0.25, -0.2) is 9.59 Å². The molecule has 0 aromatic carbocycles. The van der Waals surface area contributed by atoms with Crippen molar-refractivity contribution in [1.29, 1.82) is 0 Å². The SMILES string of the molecule is CC(CN(C)C(=O)NCCNC(N)=O)C(=O)O. The molecule has 0 aliphatic heterocycles. The minimum Gasteiger partial charge on any atom is -0.481 e. The molecule has 8 heteroatoms. The van der Waals surface area contributed by atoms with E-state index in [1.807, 2.05) is 0 Å². The lowest BCUT2D eigenvalue weighted by Crippen LogP contribution is -2.44. The predicted octanol–water partition coefficient (Wildman–Crippen LogP) is -0.983. The van der Waals surface area contributed by atoms with Gasteiger partial charge in [-0.15, -0.1) is 0 Å². The number of carboxylic acid groups (broad SMARTS) is 1. The maximum absolute atomic E-state index is 11.4.